The minimum absolute atomic E-state index is 0.00518. The van der Waals surface area contributed by atoms with Crippen LogP contribution >= 0.6 is 34.8 Å². The van der Waals surface area contributed by atoms with Gasteiger partial charge in [0.05, 0.1) is 22.7 Å². The molecule has 2 aromatic carbocycles. The van der Waals surface area contributed by atoms with Crippen LogP contribution in [-0.2, 0) is 24.3 Å². The summed E-state index contributed by atoms with van der Waals surface area (Å²) in [5.41, 5.74) is 0.680. The Kier molecular flexibility index (Phi) is 5.91. The largest absolute Gasteiger partial charge is 0.324 e. The minimum atomic E-state index is -0.682. The third kappa shape index (κ3) is 4.00. The molecule has 3 aromatic rings. The molecule has 2 heterocycles. The fraction of sp³-hybridized carbons (Fsp3) is 0.238. The van der Waals surface area contributed by atoms with Gasteiger partial charge < -0.3 is 5.32 Å². The van der Waals surface area contributed by atoms with Gasteiger partial charge in [0.15, 0.2) is 0 Å². The van der Waals surface area contributed by atoms with Gasteiger partial charge in [-0.2, -0.15) is 0 Å². The van der Waals surface area contributed by atoms with E-state index in [2.05, 4.69) is 5.32 Å². The van der Waals surface area contributed by atoms with E-state index in [1.54, 1.807) is 28.9 Å². The van der Waals surface area contributed by atoms with Crippen molar-refractivity contribution in [3.8, 4) is 11.1 Å². The molecule has 5 nitrogen and oxygen atoms in total. The molecule has 0 aliphatic carbocycles. The summed E-state index contributed by atoms with van der Waals surface area (Å²) in [5, 5.41) is 3.46. The van der Waals surface area contributed by atoms with Crippen molar-refractivity contribution in [3.05, 3.63) is 73.3 Å². The molecule has 0 spiro atoms. The first-order chi connectivity index (χ1) is 14.3. The number of nitrogens with one attached hydrogen (secondary N) is 1. The first kappa shape index (κ1) is 21.0. The maximum atomic E-state index is 14.7. The number of rotatable bonds is 4. The predicted octanol–water partition coefficient (Wildman–Crippen LogP) is 5.39. The third-order valence-corrected chi connectivity index (χ3v) is 5.99. The molecule has 1 amide bonds. The Morgan fingerprint density at radius 2 is 1.70 bits per heavy atom. The number of halogens is 4. The van der Waals surface area contributed by atoms with E-state index in [0.717, 1.165) is 24.5 Å². The number of fused-ring (bicyclic) bond motifs is 1. The maximum absolute atomic E-state index is 14.7. The topological polar surface area (TPSA) is 56.0 Å². The number of anilines is 1. The van der Waals surface area contributed by atoms with Crippen LogP contribution < -0.4 is 10.9 Å². The molecule has 0 atom stereocenters. The SMILES string of the molecule is O=C(Cc1ccc(Cl)cc1)Nc1cc(-c2c(Cl)n3n(c2=O)CCCC3)c(F)cc1Cl. The highest BCUT2D eigenvalue weighted by Gasteiger charge is 2.25. The first-order valence-corrected chi connectivity index (χ1v) is 10.5. The number of benzene rings is 2. The molecular weight excluding hydrogens is 452 g/mol. The molecule has 1 aromatic heterocycles. The lowest BCUT2D eigenvalue weighted by atomic mass is 10.1. The molecule has 0 radical (unpaired) electrons. The Balaban J connectivity index is 1.67. The Bertz CT molecular complexity index is 1190. The number of hydrogen-bond acceptors (Lipinski definition) is 2. The maximum Gasteiger partial charge on any atom is 0.276 e. The van der Waals surface area contributed by atoms with Gasteiger partial charge in [-0.15, -0.1) is 0 Å². The second kappa shape index (κ2) is 8.46. The van der Waals surface area contributed by atoms with E-state index in [-0.39, 0.29) is 44.9 Å². The molecule has 0 saturated heterocycles. The molecule has 9 heteroatoms. The van der Waals surface area contributed by atoms with Crippen molar-refractivity contribution < 1.29 is 9.18 Å². The zero-order valence-electron chi connectivity index (χ0n) is 15.7. The van der Waals surface area contributed by atoms with E-state index < -0.39 is 5.82 Å². The van der Waals surface area contributed by atoms with Gasteiger partial charge in [0.1, 0.15) is 11.0 Å². The van der Waals surface area contributed by atoms with Crippen molar-refractivity contribution in [2.24, 2.45) is 0 Å². The zero-order chi connectivity index (χ0) is 21.4. The Morgan fingerprint density at radius 3 is 2.37 bits per heavy atom. The molecular formula is C21H17Cl3FN3O2. The number of nitrogens with zero attached hydrogens (tertiary/aromatic N) is 2. The van der Waals surface area contributed by atoms with E-state index in [9.17, 15) is 14.0 Å². The van der Waals surface area contributed by atoms with Crippen molar-refractivity contribution in [1.29, 1.82) is 0 Å². The van der Waals surface area contributed by atoms with Gasteiger partial charge in [-0.3, -0.25) is 14.3 Å². The standard InChI is InChI=1S/C21H17Cl3FN3O2/c22-13-5-3-12(4-6-13)9-18(29)26-17-10-14(16(25)11-15(17)23)19-20(24)27-7-1-2-8-28(27)21(19)30/h3-6,10-11H,1-2,7-9H2,(H,26,29). The van der Waals surface area contributed by atoms with Gasteiger partial charge in [-0.25, -0.2) is 9.07 Å². The highest BCUT2D eigenvalue weighted by Crippen LogP contribution is 2.34. The van der Waals surface area contributed by atoms with Crippen LogP contribution in [0.2, 0.25) is 15.2 Å². The Morgan fingerprint density at radius 1 is 1.03 bits per heavy atom. The van der Waals surface area contributed by atoms with Gasteiger partial charge in [-0.1, -0.05) is 46.9 Å². The van der Waals surface area contributed by atoms with Crippen molar-refractivity contribution in [3.63, 3.8) is 0 Å². The van der Waals surface area contributed by atoms with Crippen LogP contribution in [-0.4, -0.2) is 15.3 Å². The van der Waals surface area contributed by atoms with Crippen LogP contribution in [0.25, 0.3) is 11.1 Å². The zero-order valence-corrected chi connectivity index (χ0v) is 18.0. The van der Waals surface area contributed by atoms with Gasteiger partial charge >= 0.3 is 0 Å². The molecule has 30 heavy (non-hydrogen) atoms. The lowest BCUT2D eigenvalue weighted by Gasteiger charge is -2.17. The summed E-state index contributed by atoms with van der Waals surface area (Å²) in [6.45, 7) is 1.12. The first-order valence-electron chi connectivity index (χ1n) is 9.38. The minimum Gasteiger partial charge on any atom is -0.324 e. The van der Waals surface area contributed by atoms with E-state index in [4.69, 9.17) is 34.8 Å². The average molecular weight is 469 g/mol. The van der Waals surface area contributed by atoms with Crippen molar-refractivity contribution in [2.45, 2.75) is 32.4 Å². The molecule has 0 fully saturated rings. The van der Waals surface area contributed by atoms with Crippen LogP contribution in [0, 0.1) is 5.82 Å². The van der Waals surface area contributed by atoms with Crippen LogP contribution in [0.15, 0.2) is 41.2 Å². The fourth-order valence-corrected chi connectivity index (χ4v) is 4.25. The van der Waals surface area contributed by atoms with Crippen LogP contribution in [0.5, 0.6) is 0 Å². The monoisotopic (exact) mass is 467 g/mol. The smallest absolute Gasteiger partial charge is 0.276 e. The number of amides is 1. The molecule has 0 saturated carbocycles. The Hall–Kier alpha value is -2.28. The normalized spacial score (nSPS) is 13.2. The molecule has 1 aliphatic heterocycles. The lowest BCUT2D eigenvalue weighted by molar-refractivity contribution is -0.115. The van der Waals surface area contributed by atoms with Crippen LogP contribution in [0.3, 0.4) is 0 Å². The second-order valence-corrected chi connectivity index (χ2v) is 8.29. The molecule has 0 unspecified atom stereocenters. The van der Waals surface area contributed by atoms with Crippen molar-refractivity contribution in [2.75, 3.05) is 5.32 Å². The summed E-state index contributed by atoms with van der Waals surface area (Å²) in [5.74, 6) is -1.02. The van der Waals surface area contributed by atoms with Crippen molar-refractivity contribution in [1.82, 2.24) is 9.36 Å². The molecule has 4 rings (SSSR count). The summed E-state index contributed by atoms with van der Waals surface area (Å²) in [7, 11) is 0. The van der Waals surface area contributed by atoms with Gasteiger partial charge in [0.2, 0.25) is 5.91 Å². The second-order valence-electron chi connectivity index (χ2n) is 7.09. The average Bonchev–Trinajstić information content (AvgIpc) is 2.97. The van der Waals surface area contributed by atoms with E-state index >= 15 is 0 Å². The number of carbonyl (C=O) groups is 1. The quantitative estimate of drug-likeness (QED) is 0.558. The number of hydrogen-bond donors (Lipinski definition) is 1. The fourth-order valence-electron chi connectivity index (χ4n) is 3.57. The Labute approximate surface area is 186 Å². The van der Waals surface area contributed by atoms with Gasteiger partial charge in [0, 0.05) is 23.7 Å². The summed E-state index contributed by atoms with van der Waals surface area (Å²) in [4.78, 5) is 25.3. The molecule has 1 N–H and O–H groups in total. The predicted molar refractivity (Wildman–Crippen MR) is 117 cm³/mol. The van der Waals surface area contributed by atoms with Crippen LogP contribution in [0.1, 0.15) is 18.4 Å². The molecule has 156 valence electrons. The summed E-state index contributed by atoms with van der Waals surface area (Å²) >= 11 is 18.4. The molecule has 0 bridgehead atoms. The lowest BCUT2D eigenvalue weighted by Crippen LogP contribution is -2.27. The van der Waals surface area contributed by atoms with E-state index in [1.165, 1.54) is 10.7 Å². The third-order valence-electron chi connectivity index (χ3n) is 5.04. The van der Waals surface area contributed by atoms with E-state index in [0.29, 0.717) is 18.1 Å². The van der Waals surface area contributed by atoms with Crippen LogP contribution in [0.4, 0.5) is 10.1 Å². The number of carbonyl (C=O) groups excluding carboxylic acids is 1. The van der Waals surface area contributed by atoms with E-state index in [1.807, 2.05) is 0 Å². The highest BCUT2D eigenvalue weighted by atomic mass is 35.5. The summed E-state index contributed by atoms with van der Waals surface area (Å²) < 4.78 is 17.9. The summed E-state index contributed by atoms with van der Waals surface area (Å²) in [6.07, 6.45) is 1.83. The van der Waals surface area contributed by atoms with Crippen molar-refractivity contribution >= 4 is 46.4 Å². The number of aromatic nitrogens is 2. The van der Waals surface area contributed by atoms with Gasteiger partial charge in [0.25, 0.3) is 5.56 Å². The highest BCUT2D eigenvalue weighted by molar-refractivity contribution is 6.34. The molecule has 1 aliphatic rings. The summed E-state index contributed by atoms with van der Waals surface area (Å²) in [6, 6.07) is 9.30. The van der Waals surface area contributed by atoms with Gasteiger partial charge in [-0.05, 0) is 42.7 Å².